The summed E-state index contributed by atoms with van der Waals surface area (Å²) in [5.74, 6) is 0.806. The molecular formula is C41H51F3. The molecule has 0 spiro atoms. The molecule has 0 bridgehead atoms. The first-order valence-electron chi connectivity index (χ1n) is 17.5. The van der Waals surface area contributed by atoms with Gasteiger partial charge in [-0.25, -0.2) is 13.2 Å². The van der Waals surface area contributed by atoms with Crippen LogP contribution in [0.4, 0.5) is 13.2 Å². The first-order chi connectivity index (χ1) is 21.5. The molecule has 0 amide bonds. The van der Waals surface area contributed by atoms with E-state index in [2.05, 4.69) is 19.9 Å². The van der Waals surface area contributed by atoms with Crippen LogP contribution >= 0.6 is 0 Å². The summed E-state index contributed by atoms with van der Waals surface area (Å²) in [4.78, 5) is 0. The fraction of sp³-hybridized carbons (Fsp3) is 0.512. The zero-order chi connectivity index (χ0) is 30.9. The number of aryl methyl sites for hydroxylation is 1. The van der Waals surface area contributed by atoms with Gasteiger partial charge in [0.1, 0.15) is 5.82 Å². The molecule has 44 heavy (non-hydrogen) atoms. The molecule has 1 atom stereocenters. The van der Waals surface area contributed by atoms with Gasteiger partial charge in [0.25, 0.3) is 0 Å². The summed E-state index contributed by atoms with van der Waals surface area (Å²) in [5.41, 5.74) is 4.83. The maximum Gasteiger partial charge on any atom is 0.166 e. The molecule has 0 aliphatic heterocycles. The molecule has 3 aromatic carbocycles. The van der Waals surface area contributed by atoms with Gasteiger partial charge in [-0.2, -0.15) is 0 Å². The summed E-state index contributed by atoms with van der Waals surface area (Å²) in [7, 11) is 0. The molecule has 2 aliphatic carbocycles. The van der Waals surface area contributed by atoms with Crippen LogP contribution in [-0.4, -0.2) is 0 Å². The van der Waals surface area contributed by atoms with Crippen molar-refractivity contribution in [3.05, 3.63) is 89.3 Å². The van der Waals surface area contributed by atoms with E-state index < -0.39 is 11.6 Å². The molecule has 2 aliphatic rings. The van der Waals surface area contributed by atoms with Crippen LogP contribution in [0.15, 0.2) is 60.7 Å². The molecule has 1 fully saturated rings. The maximum absolute atomic E-state index is 15.4. The Balaban J connectivity index is 1.19. The van der Waals surface area contributed by atoms with Crippen LogP contribution in [0.5, 0.6) is 0 Å². The molecule has 3 aromatic rings. The van der Waals surface area contributed by atoms with Gasteiger partial charge in [-0.1, -0.05) is 126 Å². The fourth-order valence-electron chi connectivity index (χ4n) is 7.78. The third kappa shape index (κ3) is 8.06. The third-order valence-electron chi connectivity index (χ3n) is 10.5. The van der Waals surface area contributed by atoms with E-state index in [1.54, 1.807) is 30.3 Å². The topological polar surface area (TPSA) is 0 Å². The van der Waals surface area contributed by atoms with E-state index >= 15 is 8.78 Å². The lowest BCUT2D eigenvalue weighted by Crippen LogP contribution is -2.23. The summed E-state index contributed by atoms with van der Waals surface area (Å²) >= 11 is 0. The van der Waals surface area contributed by atoms with Gasteiger partial charge < -0.3 is 0 Å². The van der Waals surface area contributed by atoms with Crippen molar-refractivity contribution in [1.29, 1.82) is 0 Å². The van der Waals surface area contributed by atoms with Gasteiger partial charge in [-0.15, -0.1) is 0 Å². The highest BCUT2D eigenvalue weighted by Crippen LogP contribution is 2.42. The first-order valence-corrected chi connectivity index (χ1v) is 17.5. The molecule has 0 saturated heterocycles. The second-order valence-electron chi connectivity index (χ2n) is 13.5. The number of hydrogen-bond donors (Lipinski definition) is 0. The van der Waals surface area contributed by atoms with Crippen LogP contribution in [0.25, 0.3) is 27.8 Å². The van der Waals surface area contributed by atoms with Gasteiger partial charge >= 0.3 is 0 Å². The lowest BCUT2D eigenvalue weighted by molar-refractivity contribution is 0.189. The Bertz CT molecular complexity index is 1380. The van der Waals surface area contributed by atoms with Crippen LogP contribution in [0.2, 0.25) is 0 Å². The molecule has 1 unspecified atom stereocenters. The minimum Gasteiger partial charge on any atom is -0.206 e. The summed E-state index contributed by atoms with van der Waals surface area (Å²) in [5, 5.41) is 0. The van der Waals surface area contributed by atoms with Gasteiger partial charge in [0.15, 0.2) is 11.6 Å². The maximum atomic E-state index is 15.4. The monoisotopic (exact) mass is 600 g/mol. The van der Waals surface area contributed by atoms with Crippen molar-refractivity contribution < 1.29 is 13.2 Å². The molecule has 0 radical (unpaired) electrons. The van der Waals surface area contributed by atoms with Crippen LogP contribution in [0.3, 0.4) is 0 Å². The number of benzene rings is 3. The quantitative estimate of drug-likeness (QED) is 0.171. The number of allylic oxidation sites excluding steroid dienone is 2. The highest BCUT2D eigenvalue weighted by atomic mass is 19.2. The summed E-state index contributed by atoms with van der Waals surface area (Å²) in [6.45, 7) is 4.48. The third-order valence-corrected chi connectivity index (χ3v) is 10.5. The van der Waals surface area contributed by atoms with Gasteiger partial charge in [0.2, 0.25) is 0 Å². The molecule has 1 saturated carbocycles. The van der Waals surface area contributed by atoms with E-state index in [-0.39, 0.29) is 11.4 Å². The molecule has 0 nitrogen and oxygen atoms in total. The zero-order valence-electron chi connectivity index (χ0n) is 27.0. The van der Waals surface area contributed by atoms with E-state index in [4.69, 9.17) is 0 Å². The lowest BCUT2D eigenvalue weighted by atomic mass is 9.70. The van der Waals surface area contributed by atoms with Crippen molar-refractivity contribution >= 4 is 5.57 Å². The minimum atomic E-state index is -0.788. The average molecular weight is 601 g/mol. The Morgan fingerprint density at radius 3 is 1.98 bits per heavy atom. The van der Waals surface area contributed by atoms with Crippen molar-refractivity contribution in [1.82, 2.24) is 0 Å². The highest BCUT2D eigenvalue weighted by Gasteiger charge is 2.29. The Morgan fingerprint density at radius 1 is 0.614 bits per heavy atom. The summed E-state index contributed by atoms with van der Waals surface area (Å²) in [6.07, 6.45) is 20.9. The van der Waals surface area contributed by atoms with Gasteiger partial charge in [-0.3, -0.25) is 0 Å². The highest BCUT2D eigenvalue weighted by molar-refractivity contribution is 5.74. The number of unbranched alkanes of at least 4 members (excludes halogenated alkanes) is 5. The van der Waals surface area contributed by atoms with E-state index in [1.807, 2.05) is 24.3 Å². The fourth-order valence-corrected chi connectivity index (χ4v) is 7.78. The number of rotatable bonds is 13. The van der Waals surface area contributed by atoms with Gasteiger partial charge in [0.05, 0.1) is 0 Å². The van der Waals surface area contributed by atoms with Crippen LogP contribution in [-0.2, 0) is 6.42 Å². The molecular weight excluding hydrogens is 549 g/mol. The molecule has 236 valence electrons. The Labute approximate surface area is 264 Å². The Kier molecular flexibility index (Phi) is 11.8. The van der Waals surface area contributed by atoms with Crippen LogP contribution in [0.1, 0.15) is 121 Å². The Morgan fingerprint density at radius 2 is 1.30 bits per heavy atom. The van der Waals surface area contributed by atoms with Crippen LogP contribution in [0, 0.1) is 35.2 Å². The molecule has 3 heteroatoms. The average Bonchev–Trinajstić information content (AvgIpc) is 3.05. The second kappa shape index (κ2) is 16.0. The van der Waals surface area contributed by atoms with Crippen LogP contribution < -0.4 is 0 Å². The first kappa shape index (κ1) is 32.6. The zero-order valence-corrected chi connectivity index (χ0v) is 27.0. The normalized spacial score (nSPS) is 20.5. The SMILES string of the molecule is CCCCCCCCc1ccc(-c2ccc(-c3ccc(C4=CCC(C5CCC(CCC)CC5)CC4)c(F)c3)cc2)c(F)c1F. The summed E-state index contributed by atoms with van der Waals surface area (Å²) in [6, 6.07) is 16.2. The standard InChI is InChI=1S/C41H51F3/c1-3-5-6-7-8-9-11-35-24-27-38(41(44)40(35)43)34-22-18-32(19-23-34)36-25-26-37(39(42)28-36)33-20-16-31(17-21-33)30-14-12-29(10-4-2)13-15-30/h18-20,22-31H,3-17,21H2,1-2H3. The minimum absolute atomic E-state index is 0.189. The molecule has 0 aromatic heterocycles. The lowest BCUT2D eigenvalue weighted by Gasteiger charge is -2.35. The molecule has 0 N–H and O–H groups in total. The van der Waals surface area contributed by atoms with Gasteiger partial charge in [-0.05, 0) is 96.6 Å². The van der Waals surface area contributed by atoms with Crippen molar-refractivity contribution in [2.24, 2.45) is 17.8 Å². The van der Waals surface area contributed by atoms with Crippen molar-refractivity contribution in [2.75, 3.05) is 0 Å². The predicted molar refractivity (Wildman–Crippen MR) is 180 cm³/mol. The van der Waals surface area contributed by atoms with Crippen molar-refractivity contribution in [3.8, 4) is 22.3 Å². The molecule has 5 rings (SSSR count). The van der Waals surface area contributed by atoms with E-state index in [1.165, 1.54) is 57.8 Å². The second-order valence-corrected chi connectivity index (χ2v) is 13.5. The summed E-state index contributed by atoms with van der Waals surface area (Å²) < 4.78 is 45.4. The largest absolute Gasteiger partial charge is 0.206 e. The van der Waals surface area contributed by atoms with Gasteiger partial charge in [0, 0.05) is 11.1 Å². The van der Waals surface area contributed by atoms with Crippen molar-refractivity contribution in [3.63, 3.8) is 0 Å². The number of halogens is 3. The van der Waals surface area contributed by atoms with E-state index in [0.717, 1.165) is 73.0 Å². The predicted octanol–water partition coefficient (Wildman–Crippen LogP) is 13.1. The smallest absolute Gasteiger partial charge is 0.166 e. The Hall–Kier alpha value is -2.81. The number of hydrogen-bond acceptors (Lipinski definition) is 0. The molecule has 0 heterocycles. The van der Waals surface area contributed by atoms with Crippen molar-refractivity contribution in [2.45, 2.75) is 117 Å². The van der Waals surface area contributed by atoms with E-state index in [0.29, 0.717) is 23.1 Å². The van der Waals surface area contributed by atoms with E-state index in [9.17, 15) is 4.39 Å².